The van der Waals surface area contributed by atoms with Gasteiger partial charge in [0.05, 0.1) is 12.7 Å². The largest absolute Gasteiger partial charge is 0.325 e. The van der Waals surface area contributed by atoms with Crippen LogP contribution in [0.5, 0.6) is 0 Å². The van der Waals surface area contributed by atoms with Crippen molar-refractivity contribution in [2.75, 3.05) is 39.4 Å². The van der Waals surface area contributed by atoms with Crippen LogP contribution in [-0.2, 0) is 4.79 Å². The second kappa shape index (κ2) is 6.32. The van der Waals surface area contributed by atoms with Crippen LogP contribution in [-0.4, -0.2) is 77.6 Å². The number of rotatable bonds is 2. The monoisotopic (exact) mass is 294 g/mol. The lowest BCUT2D eigenvalue weighted by Gasteiger charge is -2.34. The third-order valence-corrected chi connectivity index (χ3v) is 5.08. The Bertz CT molecular complexity index is 395. The van der Waals surface area contributed by atoms with Gasteiger partial charge < -0.3 is 14.6 Å². The number of urea groups is 1. The SMILES string of the molecule is CC1CCN(C(=O)N2CCN(N3CCC[C@H]3C=O)C2)CC1. The highest BCUT2D eigenvalue weighted by molar-refractivity contribution is 5.74. The summed E-state index contributed by atoms with van der Waals surface area (Å²) in [6.07, 6.45) is 5.28. The summed E-state index contributed by atoms with van der Waals surface area (Å²) < 4.78 is 0. The fourth-order valence-electron chi connectivity index (χ4n) is 3.61. The number of nitrogens with zero attached hydrogens (tertiary/aromatic N) is 4. The lowest BCUT2D eigenvalue weighted by Crippen LogP contribution is -2.49. The van der Waals surface area contributed by atoms with Crippen LogP contribution < -0.4 is 0 Å². The quantitative estimate of drug-likeness (QED) is 0.713. The summed E-state index contributed by atoms with van der Waals surface area (Å²) in [6, 6.07) is 0.183. The molecule has 0 N–H and O–H groups in total. The number of aldehydes is 1. The van der Waals surface area contributed by atoms with Gasteiger partial charge in [-0.2, -0.15) is 0 Å². The summed E-state index contributed by atoms with van der Waals surface area (Å²) >= 11 is 0. The Labute approximate surface area is 126 Å². The maximum Gasteiger partial charge on any atom is 0.321 e. The van der Waals surface area contributed by atoms with Gasteiger partial charge >= 0.3 is 6.03 Å². The first-order chi connectivity index (χ1) is 10.2. The summed E-state index contributed by atoms with van der Waals surface area (Å²) in [5.41, 5.74) is 0. The van der Waals surface area contributed by atoms with Crippen molar-refractivity contribution in [3.8, 4) is 0 Å². The van der Waals surface area contributed by atoms with Crippen LogP contribution in [0.4, 0.5) is 4.79 Å². The predicted molar refractivity (Wildman–Crippen MR) is 79.4 cm³/mol. The van der Waals surface area contributed by atoms with Crippen molar-refractivity contribution in [2.24, 2.45) is 5.92 Å². The summed E-state index contributed by atoms with van der Waals surface area (Å²) in [6.45, 7) is 7.22. The molecule has 0 radical (unpaired) electrons. The highest BCUT2D eigenvalue weighted by Crippen LogP contribution is 2.22. The molecule has 0 saturated carbocycles. The second-order valence-corrected chi connectivity index (χ2v) is 6.60. The molecule has 3 aliphatic rings. The van der Waals surface area contributed by atoms with Gasteiger partial charge in [-0.3, -0.25) is 0 Å². The van der Waals surface area contributed by atoms with Crippen molar-refractivity contribution in [3.05, 3.63) is 0 Å². The van der Waals surface area contributed by atoms with E-state index in [9.17, 15) is 9.59 Å². The molecule has 3 saturated heterocycles. The van der Waals surface area contributed by atoms with Crippen LogP contribution in [0.15, 0.2) is 0 Å². The zero-order valence-corrected chi connectivity index (χ0v) is 12.9. The van der Waals surface area contributed by atoms with E-state index in [1.807, 2.05) is 9.80 Å². The Kier molecular flexibility index (Phi) is 4.45. The second-order valence-electron chi connectivity index (χ2n) is 6.60. The first-order valence-electron chi connectivity index (χ1n) is 8.19. The van der Waals surface area contributed by atoms with Gasteiger partial charge in [0.2, 0.25) is 0 Å². The van der Waals surface area contributed by atoms with E-state index in [2.05, 4.69) is 16.9 Å². The molecule has 6 nitrogen and oxygen atoms in total. The number of amides is 2. The molecular formula is C15H26N4O2. The van der Waals surface area contributed by atoms with E-state index in [4.69, 9.17) is 0 Å². The lowest BCUT2D eigenvalue weighted by atomic mass is 10.00. The van der Waals surface area contributed by atoms with Crippen LogP contribution in [0.2, 0.25) is 0 Å². The Morgan fingerprint density at radius 1 is 1.00 bits per heavy atom. The number of likely N-dealkylation sites (tertiary alicyclic amines) is 1. The molecule has 0 aromatic rings. The topological polar surface area (TPSA) is 47.1 Å². The number of hydrogen-bond donors (Lipinski definition) is 0. The van der Waals surface area contributed by atoms with E-state index in [1.54, 1.807) is 0 Å². The van der Waals surface area contributed by atoms with Gasteiger partial charge in [0, 0.05) is 32.7 Å². The summed E-state index contributed by atoms with van der Waals surface area (Å²) in [4.78, 5) is 27.6. The minimum Gasteiger partial charge on any atom is -0.325 e. The Morgan fingerprint density at radius 3 is 2.48 bits per heavy atom. The summed E-state index contributed by atoms with van der Waals surface area (Å²) in [7, 11) is 0. The molecule has 0 bridgehead atoms. The van der Waals surface area contributed by atoms with Gasteiger partial charge in [-0.1, -0.05) is 6.92 Å². The maximum absolute atomic E-state index is 12.6. The van der Waals surface area contributed by atoms with E-state index >= 15 is 0 Å². The third-order valence-electron chi connectivity index (χ3n) is 5.08. The molecule has 6 heteroatoms. The molecule has 0 unspecified atom stereocenters. The standard InChI is InChI=1S/C15H26N4O2/c1-13-4-7-16(8-5-13)15(21)17-9-10-18(12-17)19-6-2-3-14(19)11-20/h11,13-14H,2-10,12H2,1H3/t14-/m0/s1. The maximum atomic E-state index is 12.6. The van der Waals surface area contributed by atoms with E-state index in [1.165, 1.54) is 0 Å². The molecule has 1 atom stereocenters. The van der Waals surface area contributed by atoms with Gasteiger partial charge in [-0.05, 0) is 31.6 Å². The van der Waals surface area contributed by atoms with Crippen molar-refractivity contribution in [3.63, 3.8) is 0 Å². The fraction of sp³-hybridized carbons (Fsp3) is 0.867. The van der Waals surface area contributed by atoms with Gasteiger partial charge in [0.25, 0.3) is 0 Å². The number of carbonyl (C=O) groups is 2. The van der Waals surface area contributed by atoms with Gasteiger partial charge in [-0.15, -0.1) is 0 Å². The van der Waals surface area contributed by atoms with Gasteiger partial charge in [-0.25, -0.2) is 14.8 Å². The molecule has 118 valence electrons. The average Bonchev–Trinajstić information content (AvgIpc) is 3.15. The van der Waals surface area contributed by atoms with Crippen molar-refractivity contribution < 1.29 is 9.59 Å². The van der Waals surface area contributed by atoms with Crippen molar-refractivity contribution >= 4 is 12.3 Å². The number of piperidine rings is 1. The van der Waals surface area contributed by atoms with Crippen molar-refractivity contribution in [1.29, 1.82) is 0 Å². The van der Waals surface area contributed by atoms with Crippen LogP contribution in [0, 0.1) is 5.92 Å². The zero-order chi connectivity index (χ0) is 14.8. The fourth-order valence-corrected chi connectivity index (χ4v) is 3.61. The van der Waals surface area contributed by atoms with Gasteiger partial charge in [0.15, 0.2) is 0 Å². The normalized spacial score (nSPS) is 29.3. The van der Waals surface area contributed by atoms with Gasteiger partial charge in [0.1, 0.15) is 6.29 Å². The van der Waals surface area contributed by atoms with Crippen LogP contribution in [0.1, 0.15) is 32.6 Å². The zero-order valence-electron chi connectivity index (χ0n) is 12.9. The molecule has 2 amide bonds. The molecule has 0 aromatic carbocycles. The highest BCUT2D eigenvalue weighted by atomic mass is 16.2. The number of carbonyl (C=O) groups excluding carboxylic acids is 2. The molecular weight excluding hydrogens is 268 g/mol. The minimum absolute atomic E-state index is 0.0101. The Hall–Kier alpha value is -1.14. The summed E-state index contributed by atoms with van der Waals surface area (Å²) in [5, 5.41) is 4.33. The molecule has 3 aliphatic heterocycles. The average molecular weight is 294 g/mol. The molecule has 0 aromatic heterocycles. The van der Waals surface area contributed by atoms with Crippen molar-refractivity contribution in [2.45, 2.75) is 38.6 Å². The van der Waals surface area contributed by atoms with Crippen LogP contribution in [0.3, 0.4) is 0 Å². The molecule has 0 aliphatic carbocycles. The van der Waals surface area contributed by atoms with Crippen LogP contribution >= 0.6 is 0 Å². The smallest absolute Gasteiger partial charge is 0.321 e. The van der Waals surface area contributed by atoms with E-state index in [0.717, 1.165) is 70.6 Å². The van der Waals surface area contributed by atoms with E-state index in [0.29, 0.717) is 6.67 Å². The predicted octanol–water partition coefficient (Wildman–Crippen LogP) is 0.992. The first kappa shape index (κ1) is 14.8. The molecule has 3 rings (SSSR count). The Morgan fingerprint density at radius 2 is 1.76 bits per heavy atom. The first-order valence-corrected chi connectivity index (χ1v) is 8.19. The minimum atomic E-state index is 0.0101. The molecule has 21 heavy (non-hydrogen) atoms. The third kappa shape index (κ3) is 3.06. The van der Waals surface area contributed by atoms with E-state index < -0.39 is 0 Å². The molecule has 3 fully saturated rings. The van der Waals surface area contributed by atoms with E-state index in [-0.39, 0.29) is 12.1 Å². The lowest BCUT2D eigenvalue weighted by molar-refractivity contribution is -0.118. The van der Waals surface area contributed by atoms with Crippen molar-refractivity contribution in [1.82, 2.24) is 19.8 Å². The number of hydrogen-bond acceptors (Lipinski definition) is 4. The van der Waals surface area contributed by atoms with Crippen LogP contribution in [0.25, 0.3) is 0 Å². The molecule has 3 heterocycles. The highest BCUT2D eigenvalue weighted by Gasteiger charge is 2.36. The number of hydrazine groups is 1. The molecule has 0 spiro atoms. The Balaban J connectivity index is 1.54. The summed E-state index contributed by atoms with van der Waals surface area (Å²) in [5.74, 6) is 0.738.